The van der Waals surface area contributed by atoms with Gasteiger partial charge in [0.25, 0.3) is 0 Å². The molecule has 2 N–H and O–H groups in total. The fourth-order valence-corrected chi connectivity index (χ4v) is 1.02. The van der Waals surface area contributed by atoms with Crippen molar-refractivity contribution in [1.82, 2.24) is 0 Å². The van der Waals surface area contributed by atoms with Gasteiger partial charge in [-0.2, -0.15) is 0 Å². The molecule has 4 heteroatoms. The van der Waals surface area contributed by atoms with Crippen molar-refractivity contribution in [3.05, 3.63) is 49.1 Å². The molecular formula is C13H17NO3. The number of ether oxygens (including phenoxy) is 1. The van der Waals surface area contributed by atoms with E-state index in [0.717, 1.165) is 5.56 Å². The maximum atomic E-state index is 11.1. The summed E-state index contributed by atoms with van der Waals surface area (Å²) in [5.74, 6) is -0.845. The summed E-state index contributed by atoms with van der Waals surface area (Å²) in [6.07, 6.45) is -0.247. The normalized spacial score (nSPS) is 8.76. The highest BCUT2D eigenvalue weighted by molar-refractivity contribution is 5.96. The number of hydrogen-bond acceptors (Lipinski definition) is 4. The molecule has 4 nitrogen and oxygen atoms in total. The van der Waals surface area contributed by atoms with Gasteiger partial charge in [-0.25, -0.2) is 0 Å². The van der Waals surface area contributed by atoms with Crippen molar-refractivity contribution >= 4 is 11.8 Å². The molecule has 1 aromatic rings. The largest absolute Gasteiger partial charge is 0.460 e. The number of carbonyl (C=O) groups excluding carboxylic acids is 2. The summed E-state index contributed by atoms with van der Waals surface area (Å²) in [7, 11) is 0. The second-order valence-corrected chi connectivity index (χ2v) is 3.07. The van der Waals surface area contributed by atoms with Gasteiger partial charge in [-0.3, -0.25) is 9.59 Å². The molecule has 0 aromatic heterocycles. The molecule has 0 spiro atoms. The molecule has 0 fully saturated rings. The van der Waals surface area contributed by atoms with Crippen LogP contribution >= 0.6 is 0 Å². The van der Waals surface area contributed by atoms with Crippen molar-refractivity contribution < 1.29 is 14.3 Å². The standard InChI is InChI=1S/C11H13NO3.C2H4/c12-7-10(13)6-11(14)15-8-9-4-2-1-3-5-9;1-2/h1-5H,6-8,12H2;1-2H2. The van der Waals surface area contributed by atoms with Crippen LogP contribution in [-0.2, 0) is 20.9 Å². The van der Waals surface area contributed by atoms with Crippen molar-refractivity contribution in [3.63, 3.8) is 0 Å². The van der Waals surface area contributed by atoms with E-state index in [2.05, 4.69) is 13.2 Å². The average Bonchev–Trinajstić information content (AvgIpc) is 2.40. The molecule has 0 amide bonds. The number of benzene rings is 1. The Morgan fingerprint density at radius 2 is 1.76 bits per heavy atom. The van der Waals surface area contributed by atoms with Crippen molar-refractivity contribution in [2.24, 2.45) is 5.73 Å². The summed E-state index contributed by atoms with van der Waals surface area (Å²) in [4.78, 5) is 21.9. The van der Waals surface area contributed by atoms with Crippen LogP contribution in [0.5, 0.6) is 0 Å². The molecule has 0 bridgehead atoms. The Balaban J connectivity index is 0.00000121. The zero-order valence-corrected chi connectivity index (χ0v) is 9.72. The fraction of sp³-hybridized carbons (Fsp3) is 0.231. The molecule has 0 radical (unpaired) electrons. The first-order valence-electron chi connectivity index (χ1n) is 5.13. The Kier molecular flexibility index (Phi) is 8.24. The number of esters is 1. The molecule has 0 aliphatic carbocycles. The predicted molar refractivity (Wildman–Crippen MR) is 66.2 cm³/mol. The maximum Gasteiger partial charge on any atom is 0.313 e. The highest BCUT2D eigenvalue weighted by Crippen LogP contribution is 2.01. The van der Waals surface area contributed by atoms with Crippen molar-refractivity contribution in [2.75, 3.05) is 6.54 Å². The van der Waals surface area contributed by atoms with Gasteiger partial charge in [0.15, 0.2) is 5.78 Å². The van der Waals surface area contributed by atoms with Crippen LogP contribution in [0.25, 0.3) is 0 Å². The van der Waals surface area contributed by atoms with Crippen molar-refractivity contribution in [3.8, 4) is 0 Å². The molecule has 92 valence electrons. The van der Waals surface area contributed by atoms with E-state index in [1.54, 1.807) is 0 Å². The van der Waals surface area contributed by atoms with Crippen LogP contribution in [0.3, 0.4) is 0 Å². The van der Waals surface area contributed by atoms with E-state index in [9.17, 15) is 9.59 Å². The van der Waals surface area contributed by atoms with Gasteiger partial charge in [-0.1, -0.05) is 30.3 Å². The van der Waals surface area contributed by atoms with Crippen LogP contribution < -0.4 is 5.73 Å². The molecule has 0 aliphatic rings. The van der Waals surface area contributed by atoms with Crippen LogP contribution in [0.4, 0.5) is 0 Å². The molecule has 0 atom stereocenters. The summed E-state index contributed by atoms with van der Waals surface area (Å²) in [5.41, 5.74) is 5.96. The second-order valence-electron chi connectivity index (χ2n) is 3.07. The first-order chi connectivity index (χ1) is 8.22. The van der Waals surface area contributed by atoms with Crippen LogP contribution in [0.15, 0.2) is 43.5 Å². The van der Waals surface area contributed by atoms with Gasteiger partial charge in [-0.05, 0) is 5.56 Å². The SMILES string of the molecule is C=C.NCC(=O)CC(=O)OCc1ccccc1. The van der Waals surface area contributed by atoms with E-state index in [1.807, 2.05) is 30.3 Å². The molecule has 0 heterocycles. The smallest absolute Gasteiger partial charge is 0.313 e. The third kappa shape index (κ3) is 7.03. The van der Waals surface area contributed by atoms with Gasteiger partial charge >= 0.3 is 5.97 Å². The van der Waals surface area contributed by atoms with Crippen LogP contribution in [0.1, 0.15) is 12.0 Å². The van der Waals surface area contributed by atoms with Gasteiger partial charge in [0.2, 0.25) is 0 Å². The van der Waals surface area contributed by atoms with Crippen LogP contribution in [0, 0.1) is 0 Å². The summed E-state index contributed by atoms with van der Waals surface area (Å²) >= 11 is 0. The average molecular weight is 235 g/mol. The zero-order valence-electron chi connectivity index (χ0n) is 9.72. The zero-order chi connectivity index (χ0) is 13.1. The maximum absolute atomic E-state index is 11.1. The minimum absolute atomic E-state index is 0.125. The van der Waals surface area contributed by atoms with Gasteiger partial charge in [-0.15, -0.1) is 13.2 Å². The second kappa shape index (κ2) is 9.30. The van der Waals surface area contributed by atoms with Gasteiger partial charge < -0.3 is 10.5 Å². The number of hydrogen-bond donors (Lipinski definition) is 1. The Bertz CT molecular complexity index is 349. The lowest BCUT2D eigenvalue weighted by atomic mass is 10.2. The third-order valence-corrected chi connectivity index (χ3v) is 1.81. The Morgan fingerprint density at radius 1 is 1.18 bits per heavy atom. The Labute approximate surface area is 101 Å². The first kappa shape index (κ1) is 15.1. The fourth-order valence-electron chi connectivity index (χ4n) is 1.02. The lowest BCUT2D eigenvalue weighted by Gasteiger charge is -2.03. The van der Waals surface area contributed by atoms with E-state index in [0.29, 0.717) is 0 Å². The molecular weight excluding hydrogens is 218 g/mol. The van der Waals surface area contributed by atoms with E-state index >= 15 is 0 Å². The monoisotopic (exact) mass is 235 g/mol. The number of carbonyl (C=O) groups is 2. The Hall–Kier alpha value is -1.94. The first-order valence-corrected chi connectivity index (χ1v) is 5.13. The van der Waals surface area contributed by atoms with E-state index in [4.69, 9.17) is 10.5 Å². The third-order valence-electron chi connectivity index (χ3n) is 1.81. The summed E-state index contributed by atoms with van der Waals surface area (Å²) in [6.45, 7) is 6.07. The van der Waals surface area contributed by atoms with E-state index in [1.165, 1.54) is 0 Å². The van der Waals surface area contributed by atoms with Crippen molar-refractivity contribution in [1.29, 1.82) is 0 Å². The molecule has 0 aliphatic heterocycles. The highest BCUT2D eigenvalue weighted by atomic mass is 16.5. The van der Waals surface area contributed by atoms with Gasteiger partial charge in [0.05, 0.1) is 6.54 Å². The van der Waals surface area contributed by atoms with E-state index in [-0.39, 0.29) is 25.4 Å². The Morgan fingerprint density at radius 3 is 2.29 bits per heavy atom. The van der Waals surface area contributed by atoms with Gasteiger partial charge in [0.1, 0.15) is 13.0 Å². The number of nitrogens with two attached hydrogens (primary N) is 1. The quantitative estimate of drug-likeness (QED) is 0.476. The topological polar surface area (TPSA) is 69.4 Å². The van der Waals surface area contributed by atoms with Gasteiger partial charge in [0, 0.05) is 0 Å². The summed E-state index contributed by atoms with van der Waals surface area (Å²) in [6, 6.07) is 9.28. The minimum atomic E-state index is -0.533. The summed E-state index contributed by atoms with van der Waals surface area (Å²) < 4.78 is 4.89. The van der Waals surface area contributed by atoms with Crippen molar-refractivity contribution in [2.45, 2.75) is 13.0 Å². The summed E-state index contributed by atoms with van der Waals surface area (Å²) in [5, 5.41) is 0. The molecule has 17 heavy (non-hydrogen) atoms. The van der Waals surface area contributed by atoms with Crippen LogP contribution in [0.2, 0.25) is 0 Å². The van der Waals surface area contributed by atoms with E-state index < -0.39 is 5.97 Å². The van der Waals surface area contributed by atoms with Crippen LogP contribution in [-0.4, -0.2) is 18.3 Å². The molecule has 1 rings (SSSR count). The number of rotatable bonds is 5. The number of ketones is 1. The minimum Gasteiger partial charge on any atom is -0.460 e. The lowest BCUT2D eigenvalue weighted by Crippen LogP contribution is -2.18. The molecule has 0 saturated heterocycles. The highest BCUT2D eigenvalue weighted by Gasteiger charge is 2.08. The molecule has 0 saturated carbocycles. The number of Topliss-reactive ketones (excluding diaryl/α,β-unsaturated/α-hetero) is 1. The molecule has 0 unspecified atom stereocenters. The lowest BCUT2D eigenvalue weighted by molar-refractivity contribution is -0.147. The predicted octanol–water partition coefficient (Wildman–Crippen LogP) is 1.45. The molecule has 1 aromatic carbocycles.